The van der Waals surface area contributed by atoms with Crippen molar-refractivity contribution < 1.29 is 18.0 Å². The van der Waals surface area contributed by atoms with Crippen molar-refractivity contribution in [1.82, 2.24) is 10.2 Å². The zero-order chi connectivity index (χ0) is 25.8. The topological polar surface area (TPSA) is 86.8 Å². The van der Waals surface area contributed by atoms with Crippen LogP contribution in [-0.4, -0.2) is 49.5 Å². The lowest BCUT2D eigenvalue weighted by atomic mass is 10.1. The average Bonchev–Trinajstić information content (AvgIpc) is 2.70. The molecule has 1 atom stereocenters. The van der Waals surface area contributed by atoms with Gasteiger partial charge in [0.1, 0.15) is 12.6 Å². The molecule has 0 saturated heterocycles. The van der Waals surface area contributed by atoms with Crippen LogP contribution < -0.4 is 9.62 Å². The molecule has 186 valence electrons. The summed E-state index contributed by atoms with van der Waals surface area (Å²) < 4.78 is 26.4. The highest BCUT2D eigenvalue weighted by Gasteiger charge is 2.31. The Labute approximate surface area is 208 Å². The first-order valence-corrected chi connectivity index (χ1v) is 13.2. The highest BCUT2D eigenvalue weighted by atomic mass is 35.5. The first-order chi connectivity index (χ1) is 15.6. The summed E-state index contributed by atoms with van der Waals surface area (Å²) in [6, 6.07) is 11.7. The third-order valence-electron chi connectivity index (χ3n) is 5.26. The maximum atomic E-state index is 13.6. The van der Waals surface area contributed by atoms with Crippen molar-refractivity contribution in [2.45, 2.75) is 59.7 Å². The van der Waals surface area contributed by atoms with Crippen LogP contribution in [-0.2, 0) is 26.2 Å². The van der Waals surface area contributed by atoms with Crippen LogP contribution in [0.5, 0.6) is 0 Å². The van der Waals surface area contributed by atoms with Crippen LogP contribution in [0.3, 0.4) is 0 Å². The summed E-state index contributed by atoms with van der Waals surface area (Å²) in [4.78, 5) is 27.9. The molecule has 0 aliphatic carbocycles. The van der Waals surface area contributed by atoms with Crippen molar-refractivity contribution in [2.75, 3.05) is 17.1 Å². The summed E-state index contributed by atoms with van der Waals surface area (Å²) in [6.45, 7) is 10.6. The lowest BCUT2D eigenvalue weighted by Crippen LogP contribution is -2.54. The normalized spacial score (nSPS) is 12.7. The molecule has 2 aromatic carbocycles. The minimum Gasteiger partial charge on any atom is -0.350 e. The fourth-order valence-electron chi connectivity index (χ4n) is 3.39. The molecule has 1 N–H and O–H groups in total. The molecule has 34 heavy (non-hydrogen) atoms. The van der Waals surface area contributed by atoms with E-state index in [2.05, 4.69) is 5.32 Å². The van der Waals surface area contributed by atoms with E-state index in [-0.39, 0.29) is 12.5 Å². The number of nitrogens with one attached hydrogen (secondary N) is 1. The van der Waals surface area contributed by atoms with Gasteiger partial charge in [0, 0.05) is 17.1 Å². The van der Waals surface area contributed by atoms with Gasteiger partial charge in [-0.3, -0.25) is 13.9 Å². The Morgan fingerprint density at radius 3 is 2.18 bits per heavy atom. The summed E-state index contributed by atoms with van der Waals surface area (Å²) in [5, 5.41) is 3.26. The van der Waals surface area contributed by atoms with Crippen molar-refractivity contribution >= 4 is 39.1 Å². The van der Waals surface area contributed by atoms with Crippen molar-refractivity contribution in [2.24, 2.45) is 0 Å². The maximum absolute atomic E-state index is 13.6. The Kier molecular flexibility index (Phi) is 8.77. The molecular weight excluding hydrogens is 474 g/mol. The van der Waals surface area contributed by atoms with Gasteiger partial charge in [0.2, 0.25) is 21.8 Å². The molecule has 0 aromatic heterocycles. The molecule has 0 radical (unpaired) electrons. The maximum Gasteiger partial charge on any atom is 0.244 e. The number of anilines is 1. The highest BCUT2D eigenvalue weighted by molar-refractivity contribution is 7.92. The van der Waals surface area contributed by atoms with E-state index in [0.29, 0.717) is 16.3 Å². The van der Waals surface area contributed by atoms with Crippen molar-refractivity contribution in [3.8, 4) is 0 Å². The smallest absolute Gasteiger partial charge is 0.244 e. The standard InChI is InChI=1S/C25H34ClN3O4S/c1-17-8-11-20(12-9-17)15-28(19(3)24(31)27-25(4,5)6)23(30)16-29(34(7,32)33)22-14-21(26)13-10-18(22)2/h8-14,19H,15-16H2,1-7H3,(H,27,31)/t19-/m0/s1. The van der Waals surface area contributed by atoms with Gasteiger partial charge in [-0.15, -0.1) is 0 Å². The van der Waals surface area contributed by atoms with Gasteiger partial charge < -0.3 is 10.2 Å². The van der Waals surface area contributed by atoms with Gasteiger partial charge >= 0.3 is 0 Å². The molecule has 0 aliphatic rings. The lowest BCUT2D eigenvalue weighted by Gasteiger charge is -2.33. The van der Waals surface area contributed by atoms with Crippen LogP contribution in [0, 0.1) is 13.8 Å². The summed E-state index contributed by atoms with van der Waals surface area (Å²) in [7, 11) is -3.81. The Morgan fingerprint density at radius 1 is 1.06 bits per heavy atom. The van der Waals surface area contributed by atoms with E-state index in [4.69, 9.17) is 11.6 Å². The number of halogens is 1. The molecule has 0 bridgehead atoms. The minimum atomic E-state index is -3.81. The Bertz CT molecular complexity index is 1140. The quantitative estimate of drug-likeness (QED) is 0.583. The van der Waals surface area contributed by atoms with E-state index < -0.39 is 34.1 Å². The first-order valence-electron chi connectivity index (χ1n) is 11.0. The van der Waals surface area contributed by atoms with Crippen LogP contribution in [0.2, 0.25) is 5.02 Å². The Balaban J connectivity index is 2.44. The van der Waals surface area contributed by atoms with Gasteiger partial charge in [0.15, 0.2) is 0 Å². The second-order valence-corrected chi connectivity index (χ2v) is 12.0. The fourth-order valence-corrected chi connectivity index (χ4v) is 4.46. The summed E-state index contributed by atoms with van der Waals surface area (Å²) in [5.41, 5.74) is 2.40. The van der Waals surface area contributed by atoms with Crippen LogP contribution in [0.4, 0.5) is 5.69 Å². The van der Waals surface area contributed by atoms with E-state index in [1.54, 1.807) is 26.0 Å². The number of hydrogen-bond acceptors (Lipinski definition) is 4. The van der Waals surface area contributed by atoms with E-state index in [0.717, 1.165) is 21.7 Å². The second kappa shape index (κ2) is 10.8. The van der Waals surface area contributed by atoms with Gasteiger partial charge in [0.25, 0.3) is 0 Å². The number of carbonyl (C=O) groups excluding carboxylic acids is 2. The third-order valence-corrected chi connectivity index (χ3v) is 6.62. The predicted octanol–water partition coefficient (Wildman–Crippen LogP) is 4.05. The predicted molar refractivity (Wildman–Crippen MR) is 137 cm³/mol. The molecule has 2 amide bonds. The number of carbonyl (C=O) groups is 2. The number of hydrogen-bond donors (Lipinski definition) is 1. The van der Waals surface area contributed by atoms with E-state index in [1.165, 1.54) is 11.0 Å². The molecule has 0 spiro atoms. The average molecular weight is 508 g/mol. The molecule has 0 aliphatic heterocycles. The lowest BCUT2D eigenvalue weighted by molar-refractivity contribution is -0.140. The van der Waals surface area contributed by atoms with Gasteiger partial charge in [-0.2, -0.15) is 0 Å². The summed E-state index contributed by atoms with van der Waals surface area (Å²) in [5.74, 6) is -0.820. The molecular formula is C25H34ClN3O4S. The third kappa shape index (κ3) is 7.74. The van der Waals surface area contributed by atoms with Crippen LogP contribution in [0.1, 0.15) is 44.4 Å². The van der Waals surface area contributed by atoms with Gasteiger partial charge in [-0.05, 0) is 64.8 Å². The number of nitrogens with zero attached hydrogens (tertiary/aromatic N) is 2. The SMILES string of the molecule is Cc1ccc(CN(C(=O)CN(c2cc(Cl)ccc2C)S(C)(=O)=O)[C@@H](C)C(=O)NC(C)(C)C)cc1. The van der Waals surface area contributed by atoms with E-state index in [1.807, 2.05) is 52.0 Å². The van der Waals surface area contributed by atoms with Gasteiger partial charge in [-0.25, -0.2) is 8.42 Å². The van der Waals surface area contributed by atoms with E-state index in [9.17, 15) is 18.0 Å². The first kappa shape index (κ1) is 27.7. The molecule has 0 fully saturated rings. The van der Waals surface area contributed by atoms with E-state index >= 15 is 0 Å². The molecule has 0 unspecified atom stereocenters. The number of sulfonamides is 1. The Morgan fingerprint density at radius 2 is 1.65 bits per heavy atom. The van der Waals surface area contributed by atoms with Crippen LogP contribution >= 0.6 is 11.6 Å². The second-order valence-electron chi connectivity index (χ2n) is 9.62. The van der Waals surface area contributed by atoms with Crippen molar-refractivity contribution in [1.29, 1.82) is 0 Å². The monoisotopic (exact) mass is 507 g/mol. The minimum absolute atomic E-state index is 0.157. The summed E-state index contributed by atoms with van der Waals surface area (Å²) >= 11 is 6.11. The molecule has 2 aromatic rings. The van der Waals surface area contributed by atoms with Gasteiger partial charge in [0.05, 0.1) is 11.9 Å². The zero-order valence-electron chi connectivity index (χ0n) is 20.8. The molecule has 2 rings (SSSR count). The molecule has 9 heteroatoms. The molecule has 0 saturated carbocycles. The Hall–Kier alpha value is -2.58. The molecule has 0 heterocycles. The number of benzene rings is 2. The zero-order valence-corrected chi connectivity index (χ0v) is 22.4. The number of aryl methyl sites for hydroxylation is 2. The number of rotatable bonds is 8. The highest BCUT2D eigenvalue weighted by Crippen LogP contribution is 2.26. The summed E-state index contributed by atoms with van der Waals surface area (Å²) in [6.07, 6.45) is 1.04. The van der Waals surface area contributed by atoms with Crippen LogP contribution in [0.15, 0.2) is 42.5 Å². The number of amides is 2. The van der Waals surface area contributed by atoms with Crippen molar-refractivity contribution in [3.63, 3.8) is 0 Å². The largest absolute Gasteiger partial charge is 0.350 e. The fraction of sp³-hybridized carbons (Fsp3) is 0.440. The molecule has 7 nitrogen and oxygen atoms in total. The van der Waals surface area contributed by atoms with Gasteiger partial charge in [-0.1, -0.05) is 47.5 Å². The van der Waals surface area contributed by atoms with Crippen molar-refractivity contribution in [3.05, 3.63) is 64.2 Å². The van der Waals surface area contributed by atoms with Crippen LogP contribution in [0.25, 0.3) is 0 Å².